The van der Waals surface area contributed by atoms with Gasteiger partial charge in [-0.1, -0.05) is 28.1 Å². The van der Waals surface area contributed by atoms with Crippen LogP contribution in [0, 0.1) is 11.3 Å². The molecule has 0 aliphatic heterocycles. The first-order chi connectivity index (χ1) is 5.77. The lowest BCUT2D eigenvalue weighted by Crippen LogP contribution is -1.77. The van der Waals surface area contributed by atoms with Crippen LogP contribution in [0.3, 0.4) is 0 Å². The smallest absolute Gasteiger partial charge is 0.0991 e. The fraction of sp³-hybridized carbons (Fsp3) is 0. The molecule has 0 unspecified atom stereocenters. The van der Waals surface area contributed by atoms with Crippen molar-refractivity contribution in [3.63, 3.8) is 0 Å². The largest absolute Gasteiger partial charge is 0.192 e. The quantitative estimate of drug-likeness (QED) is 0.773. The first-order valence-corrected chi connectivity index (χ1v) is 4.95. The first kappa shape index (κ1) is 9.50. The van der Waals surface area contributed by atoms with E-state index in [0.29, 0.717) is 5.56 Å². The van der Waals surface area contributed by atoms with Crippen LogP contribution in [0.2, 0.25) is 0 Å². The van der Waals surface area contributed by atoms with Crippen molar-refractivity contribution in [3.8, 4) is 6.07 Å². The highest BCUT2D eigenvalue weighted by atomic mass is 79.9. The topological polar surface area (TPSA) is 23.8 Å². The van der Waals surface area contributed by atoms with Crippen molar-refractivity contribution in [1.82, 2.24) is 0 Å². The van der Waals surface area contributed by atoms with Crippen molar-refractivity contribution in [1.29, 1.82) is 5.26 Å². The third kappa shape index (κ3) is 2.20. The summed E-state index contributed by atoms with van der Waals surface area (Å²) in [4.78, 5) is 1.79. The number of nitrogens with zero attached hydrogens (tertiary/aromatic N) is 1. The lowest BCUT2D eigenvalue weighted by molar-refractivity contribution is 1.48. The minimum absolute atomic E-state index is 0.675. The molecule has 0 radical (unpaired) electrons. The Kier molecular flexibility index (Phi) is 3.51. The third-order valence-corrected chi connectivity index (χ3v) is 3.14. The molecule has 0 aromatic heterocycles. The van der Waals surface area contributed by atoms with Crippen LogP contribution in [0.4, 0.5) is 0 Å². The molecule has 1 aromatic rings. The average Bonchev–Trinajstić information content (AvgIpc) is 2.17. The minimum Gasteiger partial charge on any atom is -0.192 e. The molecular formula is C9H5Br2N. The molecule has 1 aromatic carbocycles. The van der Waals surface area contributed by atoms with Gasteiger partial charge in [-0.15, -0.1) is 0 Å². The van der Waals surface area contributed by atoms with E-state index in [1.807, 2.05) is 12.1 Å². The van der Waals surface area contributed by atoms with Crippen molar-refractivity contribution in [2.45, 2.75) is 0 Å². The van der Waals surface area contributed by atoms with E-state index in [4.69, 9.17) is 5.26 Å². The van der Waals surface area contributed by atoms with Gasteiger partial charge in [-0.25, -0.2) is 0 Å². The van der Waals surface area contributed by atoms with E-state index in [2.05, 4.69) is 37.9 Å². The predicted octanol–water partition coefficient (Wildman–Crippen LogP) is 3.65. The molecule has 0 bridgehead atoms. The van der Waals surface area contributed by atoms with E-state index in [0.717, 1.165) is 10.0 Å². The van der Waals surface area contributed by atoms with E-state index in [-0.39, 0.29) is 0 Å². The van der Waals surface area contributed by atoms with Crippen molar-refractivity contribution >= 4 is 36.3 Å². The van der Waals surface area contributed by atoms with Gasteiger partial charge in [0.05, 0.1) is 11.6 Å². The fourth-order valence-electron chi connectivity index (χ4n) is 0.767. The van der Waals surface area contributed by atoms with Gasteiger partial charge < -0.3 is 0 Å². The summed E-state index contributed by atoms with van der Waals surface area (Å²) < 4.78 is 0.965. The highest BCUT2D eigenvalue weighted by Gasteiger charge is 1.95. The molecule has 0 saturated heterocycles. The lowest BCUT2D eigenvalue weighted by Gasteiger charge is -1.96. The van der Waals surface area contributed by atoms with Crippen LogP contribution in [0.25, 0.3) is 4.48 Å². The molecule has 60 valence electrons. The van der Waals surface area contributed by atoms with E-state index >= 15 is 0 Å². The average molecular weight is 287 g/mol. The van der Waals surface area contributed by atoms with Crippen LogP contribution in [0.5, 0.6) is 0 Å². The van der Waals surface area contributed by atoms with Gasteiger partial charge in [0.25, 0.3) is 0 Å². The maximum absolute atomic E-state index is 8.54. The molecule has 0 amide bonds. The van der Waals surface area contributed by atoms with Crippen molar-refractivity contribution in [2.24, 2.45) is 0 Å². The molecule has 0 heterocycles. The van der Waals surface area contributed by atoms with Crippen molar-refractivity contribution in [2.75, 3.05) is 0 Å². The fourth-order valence-corrected chi connectivity index (χ4v) is 1.30. The Balaban J connectivity index is 3.02. The zero-order chi connectivity index (χ0) is 8.97. The van der Waals surface area contributed by atoms with E-state index < -0.39 is 0 Å². The molecule has 0 atom stereocenters. The summed E-state index contributed by atoms with van der Waals surface area (Å²) in [6.07, 6.45) is 0. The lowest BCUT2D eigenvalue weighted by atomic mass is 10.1. The zero-order valence-corrected chi connectivity index (χ0v) is 9.26. The standard InChI is InChI=1S/C9H5Br2N/c10-5-9(11)8-3-1-7(6-12)2-4-8/h1-5H. The number of benzene rings is 1. The van der Waals surface area contributed by atoms with Crippen LogP contribution >= 0.6 is 31.9 Å². The van der Waals surface area contributed by atoms with E-state index in [1.54, 1.807) is 17.1 Å². The summed E-state index contributed by atoms with van der Waals surface area (Å²) in [6.45, 7) is 0. The Morgan fingerprint density at radius 1 is 1.33 bits per heavy atom. The summed E-state index contributed by atoms with van der Waals surface area (Å²) >= 11 is 6.58. The second-order valence-electron chi connectivity index (χ2n) is 2.15. The van der Waals surface area contributed by atoms with Gasteiger partial charge in [-0.2, -0.15) is 5.26 Å². The Labute approximate surface area is 88.0 Å². The second-order valence-corrected chi connectivity index (χ2v) is 3.46. The molecule has 0 spiro atoms. The Hall–Kier alpha value is -0.590. The van der Waals surface area contributed by atoms with Crippen LogP contribution < -0.4 is 0 Å². The van der Waals surface area contributed by atoms with E-state index in [9.17, 15) is 0 Å². The number of hydrogen-bond acceptors (Lipinski definition) is 1. The highest BCUT2D eigenvalue weighted by molar-refractivity contribution is 9.16. The Morgan fingerprint density at radius 2 is 1.92 bits per heavy atom. The normalized spacial score (nSPS) is 10.9. The highest BCUT2D eigenvalue weighted by Crippen LogP contribution is 2.22. The molecule has 3 heteroatoms. The summed E-state index contributed by atoms with van der Waals surface area (Å²) in [6, 6.07) is 9.41. The summed E-state index contributed by atoms with van der Waals surface area (Å²) in [7, 11) is 0. The molecule has 0 aliphatic carbocycles. The van der Waals surface area contributed by atoms with Gasteiger partial charge in [0.2, 0.25) is 0 Å². The van der Waals surface area contributed by atoms with Crippen LogP contribution in [-0.4, -0.2) is 0 Å². The molecule has 0 N–H and O–H groups in total. The number of halogens is 2. The summed E-state index contributed by atoms with van der Waals surface area (Å²) in [5.41, 5.74) is 1.72. The molecular weight excluding hydrogens is 282 g/mol. The van der Waals surface area contributed by atoms with E-state index in [1.165, 1.54) is 0 Å². The first-order valence-electron chi connectivity index (χ1n) is 3.24. The maximum atomic E-state index is 8.54. The van der Waals surface area contributed by atoms with Gasteiger partial charge >= 0.3 is 0 Å². The maximum Gasteiger partial charge on any atom is 0.0991 e. The Morgan fingerprint density at radius 3 is 2.33 bits per heavy atom. The minimum atomic E-state index is 0.675. The Bertz CT molecular complexity index is 333. The second kappa shape index (κ2) is 4.44. The third-order valence-electron chi connectivity index (χ3n) is 1.39. The van der Waals surface area contributed by atoms with Gasteiger partial charge in [0.15, 0.2) is 0 Å². The van der Waals surface area contributed by atoms with Crippen LogP contribution in [0.1, 0.15) is 11.1 Å². The number of hydrogen-bond donors (Lipinski definition) is 0. The summed E-state index contributed by atoms with van der Waals surface area (Å²) in [5, 5.41) is 8.54. The van der Waals surface area contributed by atoms with Gasteiger partial charge in [0.1, 0.15) is 0 Å². The molecule has 12 heavy (non-hydrogen) atoms. The van der Waals surface area contributed by atoms with Gasteiger partial charge in [0, 0.05) is 4.48 Å². The van der Waals surface area contributed by atoms with Crippen LogP contribution in [0.15, 0.2) is 29.3 Å². The van der Waals surface area contributed by atoms with Gasteiger partial charge in [-0.05, 0) is 38.6 Å². The molecule has 1 rings (SSSR count). The SMILES string of the molecule is N#Cc1ccc(C(Br)=CBr)cc1. The molecule has 0 fully saturated rings. The predicted molar refractivity (Wildman–Crippen MR) is 57.0 cm³/mol. The summed E-state index contributed by atoms with van der Waals surface area (Å²) in [5.74, 6) is 0. The molecule has 0 saturated carbocycles. The monoisotopic (exact) mass is 285 g/mol. The van der Waals surface area contributed by atoms with Crippen molar-refractivity contribution in [3.05, 3.63) is 40.4 Å². The molecule has 0 aliphatic rings. The van der Waals surface area contributed by atoms with Gasteiger partial charge in [-0.3, -0.25) is 0 Å². The van der Waals surface area contributed by atoms with Crippen LogP contribution in [-0.2, 0) is 0 Å². The zero-order valence-electron chi connectivity index (χ0n) is 6.09. The molecule has 1 nitrogen and oxygen atoms in total. The number of nitriles is 1. The number of rotatable bonds is 1. The van der Waals surface area contributed by atoms with Crippen molar-refractivity contribution < 1.29 is 0 Å².